The third-order valence-corrected chi connectivity index (χ3v) is 9.83. The zero-order valence-electron chi connectivity index (χ0n) is 38.7. The molecule has 0 N–H and O–H groups in total. The van der Waals surface area contributed by atoms with Crippen molar-refractivity contribution in [2.24, 2.45) is 0 Å². The quantitative estimate of drug-likeness (QED) is 0.0264. The third-order valence-electron chi connectivity index (χ3n) is 9.83. The van der Waals surface area contributed by atoms with E-state index in [-0.39, 0.29) is 31.1 Å². The highest BCUT2D eigenvalue weighted by atomic mass is 16.6. The number of carbonyl (C=O) groups is 3. The second-order valence-electron chi connectivity index (χ2n) is 15.6. The molecule has 0 fully saturated rings. The molecular weight excluding hydrogens is 745 g/mol. The monoisotopic (exact) mass is 833 g/mol. The van der Waals surface area contributed by atoms with Crippen LogP contribution in [0.4, 0.5) is 0 Å². The van der Waals surface area contributed by atoms with E-state index >= 15 is 0 Å². The molecule has 0 radical (unpaired) electrons. The summed E-state index contributed by atoms with van der Waals surface area (Å²) in [6.07, 6.45) is 62.5. The van der Waals surface area contributed by atoms with E-state index in [9.17, 15) is 14.4 Å². The molecule has 0 heterocycles. The maximum atomic E-state index is 12.7. The van der Waals surface area contributed by atoms with Crippen molar-refractivity contribution >= 4 is 17.9 Å². The molecule has 0 spiro atoms. The number of rotatable bonds is 42. The molecule has 0 amide bonds. The number of ether oxygens (including phenoxy) is 3. The van der Waals surface area contributed by atoms with Gasteiger partial charge in [0.05, 0.1) is 0 Å². The van der Waals surface area contributed by atoms with Crippen molar-refractivity contribution < 1.29 is 28.6 Å². The fourth-order valence-corrected chi connectivity index (χ4v) is 6.25. The Bertz CT molecular complexity index is 1230. The van der Waals surface area contributed by atoms with Gasteiger partial charge in [-0.05, 0) is 96.3 Å². The molecule has 0 saturated carbocycles. The maximum Gasteiger partial charge on any atom is 0.306 e. The van der Waals surface area contributed by atoms with Crippen LogP contribution in [0.3, 0.4) is 0 Å². The first kappa shape index (κ1) is 56.3. The molecule has 0 saturated heterocycles. The third kappa shape index (κ3) is 45.4. The van der Waals surface area contributed by atoms with Gasteiger partial charge in [0.1, 0.15) is 13.2 Å². The van der Waals surface area contributed by atoms with Crippen LogP contribution in [-0.2, 0) is 28.6 Å². The van der Waals surface area contributed by atoms with E-state index in [1.54, 1.807) is 0 Å². The summed E-state index contributed by atoms with van der Waals surface area (Å²) in [5.41, 5.74) is 0. The van der Waals surface area contributed by atoms with Crippen LogP contribution in [-0.4, -0.2) is 37.2 Å². The van der Waals surface area contributed by atoms with Crippen LogP contribution in [0.5, 0.6) is 0 Å². The Morgan fingerprint density at radius 2 is 0.650 bits per heavy atom. The smallest absolute Gasteiger partial charge is 0.306 e. The van der Waals surface area contributed by atoms with E-state index in [1.807, 2.05) is 0 Å². The molecular formula is C54H88O6. The number of hydrogen-bond donors (Lipinski definition) is 0. The summed E-state index contributed by atoms with van der Waals surface area (Å²) < 4.78 is 16.7. The molecule has 0 aromatic carbocycles. The van der Waals surface area contributed by atoms with Crippen molar-refractivity contribution in [3.63, 3.8) is 0 Å². The number of hydrogen-bond acceptors (Lipinski definition) is 6. The lowest BCUT2D eigenvalue weighted by molar-refractivity contribution is -0.167. The number of unbranched alkanes of at least 4 members (excludes halogenated alkanes) is 15. The molecule has 60 heavy (non-hydrogen) atoms. The van der Waals surface area contributed by atoms with Crippen molar-refractivity contribution in [2.45, 2.75) is 213 Å². The van der Waals surface area contributed by atoms with Gasteiger partial charge in [-0.1, -0.05) is 189 Å². The minimum absolute atomic E-state index is 0.0959. The van der Waals surface area contributed by atoms with Crippen LogP contribution in [0.25, 0.3) is 0 Å². The second-order valence-corrected chi connectivity index (χ2v) is 15.6. The van der Waals surface area contributed by atoms with Crippen molar-refractivity contribution in [1.29, 1.82) is 0 Å². The van der Waals surface area contributed by atoms with Crippen molar-refractivity contribution in [2.75, 3.05) is 13.2 Å². The van der Waals surface area contributed by atoms with E-state index in [1.165, 1.54) is 32.1 Å². The topological polar surface area (TPSA) is 78.9 Å². The van der Waals surface area contributed by atoms with Crippen LogP contribution in [0, 0.1) is 0 Å². The molecule has 0 aromatic rings. The number of esters is 3. The molecule has 6 nitrogen and oxygen atoms in total. The number of carbonyl (C=O) groups excluding carboxylic acids is 3. The average molecular weight is 833 g/mol. The zero-order chi connectivity index (χ0) is 43.7. The SMILES string of the molecule is CC/C=C\C/C=C\C/C=C\C/C=C\C/C=C\CCCCCC(=O)OCC(COC(=O)CCCCCCCCCC)OC(=O)CCCCCCC/C=C\C/C=C\C/C=C\CC. The first-order valence-electron chi connectivity index (χ1n) is 24.2. The maximum absolute atomic E-state index is 12.7. The fraction of sp³-hybridized carbons (Fsp3) is 0.648. The summed E-state index contributed by atoms with van der Waals surface area (Å²) in [4.78, 5) is 37.8. The van der Waals surface area contributed by atoms with Gasteiger partial charge < -0.3 is 14.2 Å². The predicted octanol–water partition coefficient (Wildman–Crippen LogP) is 15.8. The van der Waals surface area contributed by atoms with Gasteiger partial charge in [0.25, 0.3) is 0 Å². The molecule has 0 aliphatic carbocycles. The van der Waals surface area contributed by atoms with Crippen molar-refractivity contribution in [3.8, 4) is 0 Å². The van der Waals surface area contributed by atoms with Gasteiger partial charge in [0, 0.05) is 19.3 Å². The van der Waals surface area contributed by atoms with Crippen LogP contribution < -0.4 is 0 Å². The lowest BCUT2D eigenvalue weighted by Crippen LogP contribution is -2.30. The predicted molar refractivity (Wildman–Crippen MR) is 256 cm³/mol. The van der Waals surface area contributed by atoms with Crippen molar-refractivity contribution in [1.82, 2.24) is 0 Å². The highest BCUT2D eigenvalue weighted by Gasteiger charge is 2.19. The molecule has 0 aliphatic heterocycles. The lowest BCUT2D eigenvalue weighted by atomic mass is 10.1. The lowest BCUT2D eigenvalue weighted by Gasteiger charge is -2.18. The van der Waals surface area contributed by atoms with E-state index in [2.05, 4.69) is 118 Å². The Hall–Kier alpha value is -3.67. The van der Waals surface area contributed by atoms with E-state index in [0.29, 0.717) is 19.3 Å². The van der Waals surface area contributed by atoms with Crippen LogP contribution in [0.2, 0.25) is 0 Å². The highest BCUT2D eigenvalue weighted by molar-refractivity contribution is 5.71. The Labute approximate surface area is 368 Å². The summed E-state index contributed by atoms with van der Waals surface area (Å²) >= 11 is 0. The Morgan fingerprint density at radius 1 is 0.350 bits per heavy atom. The van der Waals surface area contributed by atoms with Gasteiger partial charge >= 0.3 is 17.9 Å². The minimum Gasteiger partial charge on any atom is -0.462 e. The molecule has 1 atom stereocenters. The fourth-order valence-electron chi connectivity index (χ4n) is 6.25. The normalized spacial score (nSPS) is 12.9. The summed E-state index contributed by atoms with van der Waals surface area (Å²) in [6.45, 7) is 6.32. The molecule has 0 aromatic heterocycles. The van der Waals surface area contributed by atoms with E-state index in [0.717, 1.165) is 135 Å². The largest absolute Gasteiger partial charge is 0.462 e. The Balaban J connectivity index is 4.42. The molecule has 6 heteroatoms. The first-order valence-corrected chi connectivity index (χ1v) is 24.2. The Kier molecular flexibility index (Phi) is 45.1. The molecule has 0 aliphatic rings. The van der Waals surface area contributed by atoms with E-state index in [4.69, 9.17) is 14.2 Å². The van der Waals surface area contributed by atoms with Crippen LogP contribution >= 0.6 is 0 Å². The standard InChI is InChI=1S/C54H88O6/c1-4-7-10-13-16-19-21-23-25-26-27-28-30-31-33-35-38-41-44-47-53(56)59-50-51(49-58-52(55)46-43-40-37-18-15-12-9-6-3)60-54(57)48-45-42-39-36-34-32-29-24-22-20-17-14-11-8-5-2/h7-8,10-11,16-17,19-20,23-25,27-29,31,33,51H,4-6,9,12-15,18,21-22,26,30,32,34-50H2,1-3H3/b10-7-,11-8-,19-16-,20-17-,25-23-,28-27-,29-24-,33-31-. The number of allylic oxidation sites excluding steroid dienone is 16. The van der Waals surface area contributed by atoms with E-state index < -0.39 is 6.10 Å². The zero-order valence-corrected chi connectivity index (χ0v) is 38.7. The van der Waals surface area contributed by atoms with Gasteiger partial charge in [-0.2, -0.15) is 0 Å². The molecule has 1 unspecified atom stereocenters. The molecule has 340 valence electrons. The first-order chi connectivity index (χ1) is 29.5. The summed E-state index contributed by atoms with van der Waals surface area (Å²) in [5, 5.41) is 0. The van der Waals surface area contributed by atoms with Gasteiger partial charge in [0.2, 0.25) is 0 Å². The highest BCUT2D eigenvalue weighted by Crippen LogP contribution is 2.13. The summed E-state index contributed by atoms with van der Waals surface area (Å²) in [7, 11) is 0. The second kappa shape index (κ2) is 48.0. The summed E-state index contributed by atoms with van der Waals surface area (Å²) in [6, 6.07) is 0. The van der Waals surface area contributed by atoms with Gasteiger partial charge in [-0.3, -0.25) is 14.4 Å². The van der Waals surface area contributed by atoms with Crippen LogP contribution in [0.1, 0.15) is 207 Å². The Morgan fingerprint density at radius 3 is 1.03 bits per heavy atom. The van der Waals surface area contributed by atoms with Gasteiger partial charge in [-0.15, -0.1) is 0 Å². The van der Waals surface area contributed by atoms with Crippen LogP contribution in [0.15, 0.2) is 97.2 Å². The molecule has 0 rings (SSSR count). The van der Waals surface area contributed by atoms with Gasteiger partial charge in [-0.25, -0.2) is 0 Å². The van der Waals surface area contributed by atoms with Crippen molar-refractivity contribution in [3.05, 3.63) is 97.2 Å². The molecule has 0 bridgehead atoms. The minimum atomic E-state index is -0.797. The average Bonchev–Trinajstić information content (AvgIpc) is 3.24. The van der Waals surface area contributed by atoms with Gasteiger partial charge in [0.15, 0.2) is 6.10 Å². The summed E-state index contributed by atoms with van der Waals surface area (Å²) in [5.74, 6) is -0.958.